The van der Waals surface area contributed by atoms with Crippen LogP contribution < -0.4 is 9.64 Å². The van der Waals surface area contributed by atoms with E-state index in [0.717, 1.165) is 31.9 Å². The zero-order valence-corrected chi connectivity index (χ0v) is 13.7. The van der Waals surface area contributed by atoms with Gasteiger partial charge in [-0.25, -0.2) is 0 Å². The van der Waals surface area contributed by atoms with Crippen LogP contribution >= 0.6 is 11.6 Å². The molecule has 1 aliphatic rings. The summed E-state index contributed by atoms with van der Waals surface area (Å²) >= 11 is 5.89. The van der Waals surface area contributed by atoms with Crippen molar-refractivity contribution in [2.75, 3.05) is 44.1 Å². The number of carbonyl (C=O) groups is 1. The van der Waals surface area contributed by atoms with E-state index in [4.69, 9.17) is 16.3 Å². The molecule has 0 radical (unpaired) electrons. The number of methoxy groups -OCH3 is 1. The van der Waals surface area contributed by atoms with Crippen LogP contribution in [-0.4, -0.2) is 50.0 Å². The molecule has 0 spiro atoms. The predicted molar refractivity (Wildman–Crippen MR) is 86.3 cm³/mol. The lowest BCUT2D eigenvalue weighted by Gasteiger charge is -2.39. The van der Waals surface area contributed by atoms with E-state index >= 15 is 0 Å². The Hall–Kier alpha value is -1.42. The summed E-state index contributed by atoms with van der Waals surface area (Å²) in [4.78, 5) is 16.6. The highest BCUT2D eigenvalue weighted by atomic mass is 35.5. The van der Waals surface area contributed by atoms with Gasteiger partial charge in [0.2, 0.25) is 5.91 Å². The molecule has 21 heavy (non-hydrogen) atoms. The van der Waals surface area contributed by atoms with Crippen molar-refractivity contribution in [3.05, 3.63) is 24.3 Å². The molecule has 1 saturated heterocycles. The van der Waals surface area contributed by atoms with Crippen molar-refractivity contribution >= 4 is 23.2 Å². The van der Waals surface area contributed by atoms with Gasteiger partial charge in [-0.15, -0.1) is 11.6 Å². The number of halogens is 1. The Bertz CT molecular complexity index is 480. The lowest BCUT2D eigenvalue weighted by Crippen LogP contribution is -2.52. The highest BCUT2D eigenvalue weighted by Gasteiger charge is 2.32. The molecular formula is C16H23ClN2O2. The summed E-state index contributed by atoms with van der Waals surface area (Å²) in [5.74, 6) is 1.35. The van der Waals surface area contributed by atoms with Crippen LogP contribution in [0.15, 0.2) is 24.3 Å². The smallest absolute Gasteiger partial charge is 0.229 e. The molecule has 0 aromatic heterocycles. The molecule has 0 saturated carbocycles. The molecule has 0 bridgehead atoms. The number of rotatable bonds is 4. The van der Waals surface area contributed by atoms with E-state index in [-0.39, 0.29) is 5.91 Å². The summed E-state index contributed by atoms with van der Waals surface area (Å²) in [6.07, 6.45) is 0. The lowest BCUT2D eigenvalue weighted by atomic mass is 9.94. The van der Waals surface area contributed by atoms with Gasteiger partial charge in [-0.1, -0.05) is 0 Å². The maximum atomic E-state index is 12.4. The van der Waals surface area contributed by atoms with Crippen molar-refractivity contribution in [3.8, 4) is 5.75 Å². The van der Waals surface area contributed by atoms with Crippen LogP contribution in [-0.2, 0) is 4.79 Å². The Balaban J connectivity index is 1.95. The number of carbonyl (C=O) groups excluding carboxylic acids is 1. The van der Waals surface area contributed by atoms with E-state index in [1.54, 1.807) is 7.11 Å². The molecule has 1 aliphatic heterocycles. The maximum Gasteiger partial charge on any atom is 0.229 e. The first-order valence-corrected chi connectivity index (χ1v) is 7.76. The molecule has 0 atom stereocenters. The Morgan fingerprint density at radius 1 is 1.19 bits per heavy atom. The van der Waals surface area contributed by atoms with E-state index in [2.05, 4.69) is 17.0 Å². The maximum absolute atomic E-state index is 12.4. The molecule has 0 aliphatic carbocycles. The van der Waals surface area contributed by atoms with Gasteiger partial charge in [-0.2, -0.15) is 0 Å². The Morgan fingerprint density at radius 3 is 2.24 bits per heavy atom. The Kier molecular flexibility index (Phi) is 4.99. The van der Waals surface area contributed by atoms with Gasteiger partial charge in [0, 0.05) is 37.7 Å². The summed E-state index contributed by atoms with van der Waals surface area (Å²) in [7, 11) is 1.66. The second-order valence-electron chi connectivity index (χ2n) is 5.99. The SMILES string of the molecule is COc1ccc(N2CCN(C(=O)C(C)(C)CCl)CC2)cc1. The van der Waals surface area contributed by atoms with Crippen molar-refractivity contribution in [2.45, 2.75) is 13.8 Å². The van der Waals surface area contributed by atoms with Crippen LogP contribution in [0.3, 0.4) is 0 Å². The van der Waals surface area contributed by atoms with Gasteiger partial charge in [0.1, 0.15) is 5.75 Å². The molecule has 1 heterocycles. The minimum Gasteiger partial charge on any atom is -0.497 e. The molecule has 1 amide bonds. The number of amides is 1. The van der Waals surface area contributed by atoms with Crippen LogP contribution in [0, 0.1) is 5.41 Å². The average Bonchev–Trinajstić information content (AvgIpc) is 2.54. The van der Waals surface area contributed by atoms with Crippen molar-refractivity contribution in [1.29, 1.82) is 0 Å². The number of anilines is 1. The molecule has 1 aromatic rings. The number of alkyl halides is 1. The monoisotopic (exact) mass is 310 g/mol. The van der Waals surface area contributed by atoms with Crippen molar-refractivity contribution < 1.29 is 9.53 Å². The minimum atomic E-state index is -0.482. The topological polar surface area (TPSA) is 32.8 Å². The molecule has 116 valence electrons. The number of nitrogens with zero attached hydrogens (tertiary/aromatic N) is 2. The molecule has 4 nitrogen and oxygen atoms in total. The van der Waals surface area contributed by atoms with E-state index in [1.165, 1.54) is 5.69 Å². The van der Waals surface area contributed by atoms with Crippen LogP contribution in [0.1, 0.15) is 13.8 Å². The van der Waals surface area contributed by atoms with Crippen LogP contribution in [0.4, 0.5) is 5.69 Å². The largest absolute Gasteiger partial charge is 0.497 e. The number of piperazine rings is 1. The standard InChI is InChI=1S/C16H23ClN2O2/c1-16(2,12-17)15(20)19-10-8-18(9-11-19)13-4-6-14(21-3)7-5-13/h4-7H,8-12H2,1-3H3. The van der Waals surface area contributed by atoms with Gasteiger partial charge in [-0.3, -0.25) is 4.79 Å². The van der Waals surface area contributed by atoms with Crippen molar-refractivity contribution in [1.82, 2.24) is 4.90 Å². The first-order chi connectivity index (χ1) is 9.97. The highest BCUT2D eigenvalue weighted by Crippen LogP contribution is 2.24. The zero-order valence-electron chi connectivity index (χ0n) is 12.9. The van der Waals surface area contributed by atoms with Crippen molar-refractivity contribution in [3.63, 3.8) is 0 Å². The van der Waals surface area contributed by atoms with Gasteiger partial charge < -0.3 is 14.5 Å². The van der Waals surface area contributed by atoms with E-state index in [1.807, 2.05) is 30.9 Å². The van der Waals surface area contributed by atoms with Gasteiger partial charge in [0.05, 0.1) is 12.5 Å². The Morgan fingerprint density at radius 2 is 1.76 bits per heavy atom. The third-order valence-electron chi connectivity index (χ3n) is 3.92. The van der Waals surface area contributed by atoms with Gasteiger partial charge in [0.15, 0.2) is 0 Å². The molecule has 1 aromatic carbocycles. The van der Waals surface area contributed by atoms with Crippen LogP contribution in [0.5, 0.6) is 5.75 Å². The molecular weight excluding hydrogens is 288 g/mol. The third kappa shape index (κ3) is 3.62. The zero-order chi connectivity index (χ0) is 15.5. The summed E-state index contributed by atoms with van der Waals surface area (Å²) < 4.78 is 5.17. The minimum absolute atomic E-state index is 0.145. The van der Waals surface area contributed by atoms with Crippen LogP contribution in [0.2, 0.25) is 0 Å². The number of hydrogen-bond acceptors (Lipinski definition) is 3. The van der Waals surface area contributed by atoms with Gasteiger partial charge >= 0.3 is 0 Å². The predicted octanol–water partition coefficient (Wildman–Crippen LogP) is 2.61. The highest BCUT2D eigenvalue weighted by molar-refractivity contribution is 6.19. The van der Waals surface area contributed by atoms with Gasteiger partial charge in [-0.05, 0) is 38.1 Å². The number of ether oxygens (including phenoxy) is 1. The summed E-state index contributed by atoms with van der Waals surface area (Å²) in [5.41, 5.74) is 0.684. The molecule has 2 rings (SSSR count). The quantitative estimate of drug-likeness (QED) is 0.801. The fourth-order valence-electron chi connectivity index (χ4n) is 2.45. The second-order valence-corrected chi connectivity index (χ2v) is 6.26. The molecule has 1 fully saturated rings. The molecule has 0 unspecified atom stereocenters. The fourth-order valence-corrected chi connectivity index (χ4v) is 2.56. The third-order valence-corrected chi connectivity index (χ3v) is 4.59. The second kappa shape index (κ2) is 6.56. The summed E-state index contributed by atoms with van der Waals surface area (Å²) in [6, 6.07) is 8.03. The first-order valence-electron chi connectivity index (χ1n) is 7.22. The summed E-state index contributed by atoms with van der Waals surface area (Å²) in [6.45, 7) is 6.97. The van der Waals surface area contributed by atoms with E-state index in [9.17, 15) is 4.79 Å². The molecule has 5 heteroatoms. The van der Waals surface area contributed by atoms with Gasteiger partial charge in [0.25, 0.3) is 0 Å². The summed E-state index contributed by atoms with van der Waals surface area (Å²) in [5, 5.41) is 0. The average molecular weight is 311 g/mol. The first kappa shape index (κ1) is 16.0. The number of benzene rings is 1. The lowest BCUT2D eigenvalue weighted by molar-refractivity contribution is -0.139. The number of hydrogen-bond donors (Lipinski definition) is 0. The van der Waals surface area contributed by atoms with E-state index < -0.39 is 5.41 Å². The normalized spacial score (nSPS) is 16.0. The Labute approximate surface area is 131 Å². The van der Waals surface area contributed by atoms with Crippen LogP contribution in [0.25, 0.3) is 0 Å². The van der Waals surface area contributed by atoms with E-state index in [0.29, 0.717) is 5.88 Å². The molecule has 0 N–H and O–H groups in total. The van der Waals surface area contributed by atoms with Crippen molar-refractivity contribution in [2.24, 2.45) is 5.41 Å². The fraction of sp³-hybridized carbons (Fsp3) is 0.562.